The van der Waals surface area contributed by atoms with Crippen molar-refractivity contribution in [3.63, 3.8) is 0 Å². The molecule has 13 heavy (non-hydrogen) atoms. The molecule has 6 atom stereocenters. The zero-order valence-corrected chi connectivity index (χ0v) is 8.85. The first kappa shape index (κ1) is 8.16. The van der Waals surface area contributed by atoms with Gasteiger partial charge in [0.2, 0.25) is 0 Å². The fraction of sp³-hybridized carbons (Fsp3) is 0.800. The predicted molar refractivity (Wildman–Crippen MR) is 54.6 cm³/mol. The Morgan fingerprint density at radius 1 is 1.31 bits per heavy atom. The number of halogens is 1. The minimum absolute atomic E-state index is 0.0361. The van der Waals surface area contributed by atoms with E-state index < -0.39 is 0 Å². The topological polar surface area (TPSA) is 29.4 Å². The average molecular weight is 242 g/mol. The Labute approximate surface area is 85.9 Å². The van der Waals surface area contributed by atoms with Crippen molar-refractivity contribution < 1.29 is 0 Å². The Kier molecular flexibility index (Phi) is 1.67. The van der Waals surface area contributed by atoms with Gasteiger partial charge in [0.05, 0.1) is 0 Å². The first-order valence-electron chi connectivity index (χ1n) is 4.96. The number of hydrogen-bond donors (Lipinski definition) is 0. The lowest BCUT2D eigenvalue weighted by Gasteiger charge is -2.31. The van der Waals surface area contributed by atoms with Gasteiger partial charge in [-0.15, -0.1) is 0 Å². The van der Waals surface area contributed by atoms with Gasteiger partial charge in [0.15, 0.2) is 0 Å². The van der Waals surface area contributed by atoms with E-state index in [4.69, 9.17) is 0 Å². The summed E-state index contributed by atoms with van der Waals surface area (Å²) in [6.45, 7) is 0. The maximum atomic E-state index is 10.7. The van der Waals surface area contributed by atoms with Gasteiger partial charge in [0, 0.05) is 4.83 Å². The minimum Gasteiger partial charge on any atom is -0.150 e. The molecule has 0 saturated heterocycles. The minimum atomic E-state index is 0.0361. The predicted octanol–water partition coefficient (Wildman–Crippen LogP) is 2.73. The molecule has 3 heteroatoms. The molecule has 0 aliphatic heterocycles. The van der Waals surface area contributed by atoms with Gasteiger partial charge in [0.25, 0.3) is 0 Å². The van der Waals surface area contributed by atoms with Crippen molar-refractivity contribution in [2.45, 2.75) is 23.7 Å². The van der Waals surface area contributed by atoms with E-state index in [0.29, 0.717) is 22.6 Å². The van der Waals surface area contributed by atoms with Crippen LogP contribution in [-0.2, 0) is 0 Å². The Balaban J connectivity index is 1.94. The van der Waals surface area contributed by atoms with Crippen LogP contribution in [0.5, 0.6) is 0 Å². The van der Waals surface area contributed by atoms with Crippen molar-refractivity contribution in [2.24, 2.45) is 28.8 Å². The summed E-state index contributed by atoms with van der Waals surface area (Å²) in [6.07, 6.45) is 7.03. The molecule has 0 aromatic carbocycles. The second kappa shape index (κ2) is 2.66. The molecule has 3 aliphatic carbocycles. The second-order valence-corrected chi connectivity index (χ2v) is 5.57. The highest BCUT2D eigenvalue weighted by molar-refractivity contribution is 9.09. The van der Waals surface area contributed by atoms with Gasteiger partial charge in [-0.3, -0.25) is 0 Å². The summed E-state index contributed by atoms with van der Waals surface area (Å²) in [5.41, 5.74) is 0. The van der Waals surface area contributed by atoms with Gasteiger partial charge in [-0.05, 0) is 36.5 Å². The molecule has 3 aliphatic rings. The molecule has 0 amide bonds. The van der Waals surface area contributed by atoms with Crippen LogP contribution in [0.4, 0.5) is 0 Å². The zero-order valence-electron chi connectivity index (χ0n) is 7.27. The molecule has 0 aromatic rings. The molecular weight excluding hydrogens is 230 g/mol. The van der Waals surface area contributed by atoms with E-state index in [2.05, 4.69) is 33.3 Å². The molecular formula is C10H12BrNO. The molecule has 0 spiro atoms. The fourth-order valence-corrected chi connectivity index (χ4v) is 4.71. The van der Waals surface area contributed by atoms with E-state index in [-0.39, 0.29) is 6.04 Å². The van der Waals surface area contributed by atoms with E-state index in [0.717, 1.165) is 5.92 Å². The van der Waals surface area contributed by atoms with Gasteiger partial charge < -0.3 is 0 Å². The molecule has 2 nitrogen and oxygen atoms in total. The SMILES string of the molecule is O=N[C@@H]1[C@H](Br)[C@H]2C[C@H]1[C@H]1C=CC[C@@H]12. The fourth-order valence-electron chi connectivity index (χ4n) is 3.62. The normalized spacial score (nSPS) is 57.0. The van der Waals surface area contributed by atoms with Crippen LogP contribution in [0.1, 0.15) is 12.8 Å². The smallest absolute Gasteiger partial charge is 0.108 e. The summed E-state index contributed by atoms with van der Waals surface area (Å²) in [5.74, 6) is 2.72. The van der Waals surface area contributed by atoms with Crippen molar-refractivity contribution in [3.05, 3.63) is 17.1 Å². The summed E-state index contributed by atoms with van der Waals surface area (Å²) in [4.78, 5) is 11.0. The lowest BCUT2D eigenvalue weighted by atomic mass is 9.79. The van der Waals surface area contributed by atoms with Crippen LogP contribution in [0.2, 0.25) is 0 Å². The maximum Gasteiger partial charge on any atom is 0.108 e. The highest BCUT2D eigenvalue weighted by Gasteiger charge is 2.57. The van der Waals surface area contributed by atoms with Crippen molar-refractivity contribution in [3.8, 4) is 0 Å². The quantitative estimate of drug-likeness (QED) is 0.395. The number of rotatable bonds is 1. The summed E-state index contributed by atoms with van der Waals surface area (Å²) in [6, 6.07) is 0.0361. The lowest BCUT2D eigenvalue weighted by molar-refractivity contribution is 0.269. The standard InChI is InChI=1S/C10H12BrNO/c11-9-7-4-8(10(9)12-13)6-3-1-2-5(6)7/h1,3,5-10H,2,4H2/t5-,6-,7-,8-,9+,10-/m0/s1. The molecule has 0 N–H and O–H groups in total. The number of nitrogens with zero attached hydrogens (tertiary/aromatic N) is 1. The molecule has 0 heterocycles. The van der Waals surface area contributed by atoms with E-state index in [9.17, 15) is 4.91 Å². The van der Waals surface area contributed by atoms with Crippen molar-refractivity contribution in [1.82, 2.24) is 0 Å². The lowest BCUT2D eigenvalue weighted by Crippen LogP contribution is -2.35. The van der Waals surface area contributed by atoms with Crippen molar-refractivity contribution >= 4 is 15.9 Å². The third-order valence-electron chi connectivity index (χ3n) is 4.15. The number of alkyl halides is 1. The van der Waals surface area contributed by atoms with Crippen LogP contribution >= 0.6 is 15.9 Å². The summed E-state index contributed by atoms with van der Waals surface area (Å²) in [5, 5.41) is 3.28. The van der Waals surface area contributed by atoms with Gasteiger partial charge in [0.1, 0.15) is 6.04 Å². The Bertz CT molecular complexity index is 276. The number of nitroso groups, excluding NO2 is 1. The highest BCUT2D eigenvalue weighted by atomic mass is 79.9. The zero-order chi connectivity index (χ0) is 9.00. The Morgan fingerprint density at radius 3 is 2.92 bits per heavy atom. The third kappa shape index (κ3) is 0.888. The van der Waals surface area contributed by atoms with Crippen LogP contribution in [0, 0.1) is 28.6 Å². The second-order valence-electron chi connectivity index (χ2n) is 4.51. The van der Waals surface area contributed by atoms with E-state index >= 15 is 0 Å². The molecule has 0 aromatic heterocycles. The monoisotopic (exact) mass is 241 g/mol. The van der Waals surface area contributed by atoms with Crippen LogP contribution in [0.25, 0.3) is 0 Å². The first-order valence-corrected chi connectivity index (χ1v) is 5.87. The summed E-state index contributed by atoms with van der Waals surface area (Å²) < 4.78 is 0. The Morgan fingerprint density at radius 2 is 2.15 bits per heavy atom. The molecule has 0 unspecified atom stereocenters. The van der Waals surface area contributed by atoms with Gasteiger partial charge >= 0.3 is 0 Å². The van der Waals surface area contributed by atoms with E-state index in [1.807, 2.05) is 0 Å². The van der Waals surface area contributed by atoms with Gasteiger partial charge in [-0.2, -0.15) is 4.91 Å². The molecule has 3 rings (SSSR count). The number of hydrogen-bond acceptors (Lipinski definition) is 2. The van der Waals surface area contributed by atoms with Crippen molar-refractivity contribution in [1.29, 1.82) is 0 Å². The van der Waals surface area contributed by atoms with E-state index in [1.165, 1.54) is 12.8 Å². The van der Waals surface area contributed by atoms with Crippen LogP contribution < -0.4 is 0 Å². The van der Waals surface area contributed by atoms with Crippen LogP contribution in [-0.4, -0.2) is 10.9 Å². The first-order chi connectivity index (χ1) is 6.33. The van der Waals surface area contributed by atoms with Crippen LogP contribution in [0.3, 0.4) is 0 Å². The maximum absolute atomic E-state index is 10.7. The molecule has 0 radical (unpaired) electrons. The average Bonchev–Trinajstić information content (AvgIpc) is 2.71. The molecule has 2 saturated carbocycles. The van der Waals surface area contributed by atoms with Crippen LogP contribution in [0.15, 0.2) is 17.3 Å². The molecule has 70 valence electrons. The van der Waals surface area contributed by atoms with Crippen molar-refractivity contribution in [2.75, 3.05) is 0 Å². The number of allylic oxidation sites excluding steroid dienone is 2. The molecule has 2 bridgehead atoms. The largest absolute Gasteiger partial charge is 0.150 e. The third-order valence-corrected chi connectivity index (χ3v) is 5.37. The summed E-state index contributed by atoms with van der Waals surface area (Å²) in [7, 11) is 0. The Hall–Kier alpha value is -0.180. The highest BCUT2D eigenvalue weighted by Crippen LogP contribution is 2.59. The van der Waals surface area contributed by atoms with Gasteiger partial charge in [-0.25, -0.2) is 0 Å². The number of fused-ring (bicyclic) bond motifs is 5. The van der Waals surface area contributed by atoms with E-state index in [1.54, 1.807) is 0 Å². The summed E-state index contributed by atoms with van der Waals surface area (Å²) >= 11 is 3.64. The van der Waals surface area contributed by atoms with Gasteiger partial charge in [-0.1, -0.05) is 33.3 Å². The molecule has 2 fully saturated rings.